The van der Waals surface area contributed by atoms with Gasteiger partial charge in [-0.2, -0.15) is 0 Å². The monoisotopic (exact) mass is 427 g/mol. The van der Waals surface area contributed by atoms with Gasteiger partial charge in [0.2, 0.25) is 5.91 Å². The van der Waals surface area contributed by atoms with Crippen LogP contribution in [0.25, 0.3) is 0 Å². The molecule has 1 aromatic carbocycles. The Hall–Kier alpha value is -2.48. The summed E-state index contributed by atoms with van der Waals surface area (Å²) in [5.74, 6) is 1.63. The Labute approximate surface area is 181 Å². The highest BCUT2D eigenvalue weighted by atomic mass is 16.6. The summed E-state index contributed by atoms with van der Waals surface area (Å²) in [6, 6.07) is 5.03. The van der Waals surface area contributed by atoms with E-state index in [1.54, 1.807) is 0 Å². The first-order chi connectivity index (χ1) is 14.9. The number of nitro groups is 1. The number of benzene rings is 1. The fourth-order valence-electron chi connectivity index (χ4n) is 6.92. The van der Waals surface area contributed by atoms with E-state index in [2.05, 4.69) is 5.32 Å². The molecular weight excluding hydrogens is 398 g/mol. The van der Waals surface area contributed by atoms with Gasteiger partial charge in [0.05, 0.1) is 18.1 Å². The van der Waals surface area contributed by atoms with Crippen molar-refractivity contribution in [2.75, 3.05) is 26.3 Å². The second-order valence-corrected chi connectivity index (χ2v) is 9.93. The van der Waals surface area contributed by atoms with E-state index in [1.807, 2.05) is 4.90 Å². The molecule has 6 rings (SSSR count). The average molecular weight is 428 g/mol. The largest absolute Gasteiger partial charge is 0.378 e. The van der Waals surface area contributed by atoms with Crippen LogP contribution in [0.3, 0.4) is 0 Å². The van der Waals surface area contributed by atoms with Crippen LogP contribution in [-0.4, -0.2) is 54.0 Å². The molecule has 8 nitrogen and oxygen atoms in total. The van der Waals surface area contributed by atoms with Gasteiger partial charge in [-0.05, 0) is 68.4 Å². The maximum atomic E-state index is 13.7. The SMILES string of the molecule is O=C(N[C@@H](C(=O)N1CCOCC1)C12CC3CC(CC(C3)C1)C2)c1ccc([N+](=O)[O-])cc1. The summed E-state index contributed by atoms with van der Waals surface area (Å²) in [6.45, 7) is 2.15. The molecule has 5 aliphatic rings. The van der Waals surface area contributed by atoms with Crippen molar-refractivity contribution in [2.24, 2.45) is 23.2 Å². The maximum absolute atomic E-state index is 13.7. The number of hydrogen-bond donors (Lipinski definition) is 1. The molecule has 1 aliphatic heterocycles. The highest BCUT2D eigenvalue weighted by Crippen LogP contribution is 2.61. The molecule has 31 heavy (non-hydrogen) atoms. The smallest absolute Gasteiger partial charge is 0.269 e. The predicted molar refractivity (Wildman–Crippen MR) is 112 cm³/mol. The second-order valence-electron chi connectivity index (χ2n) is 9.93. The first kappa shape index (κ1) is 20.4. The summed E-state index contributed by atoms with van der Waals surface area (Å²) in [7, 11) is 0. The van der Waals surface area contributed by atoms with Crippen molar-refractivity contribution in [1.29, 1.82) is 0 Å². The molecule has 1 N–H and O–H groups in total. The Morgan fingerprint density at radius 2 is 1.58 bits per heavy atom. The zero-order valence-corrected chi connectivity index (χ0v) is 17.6. The number of carbonyl (C=O) groups excluding carboxylic acids is 2. The number of non-ortho nitro benzene ring substituents is 1. The van der Waals surface area contributed by atoms with Crippen molar-refractivity contribution >= 4 is 17.5 Å². The molecule has 4 aliphatic carbocycles. The molecule has 1 atom stereocenters. The van der Waals surface area contributed by atoms with Gasteiger partial charge < -0.3 is 15.0 Å². The lowest BCUT2D eigenvalue weighted by atomic mass is 9.47. The number of rotatable bonds is 5. The zero-order chi connectivity index (χ0) is 21.6. The van der Waals surface area contributed by atoms with E-state index in [0.29, 0.717) is 49.6 Å². The molecule has 4 bridgehead atoms. The van der Waals surface area contributed by atoms with Crippen LogP contribution >= 0.6 is 0 Å². The van der Waals surface area contributed by atoms with Crippen LogP contribution in [0, 0.1) is 33.3 Å². The highest BCUT2D eigenvalue weighted by molar-refractivity contribution is 5.98. The van der Waals surface area contributed by atoms with E-state index in [9.17, 15) is 19.7 Å². The fourth-order valence-corrected chi connectivity index (χ4v) is 6.92. The van der Waals surface area contributed by atoms with Crippen molar-refractivity contribution in [3.8, 4) is 0 Å². The van der Waals surface area contributed by atoms with Crippen LogP contribution in [0.1, 0.15) is 48.9 Å². The van der Waals surface area contributed by atoms with Gasteiger partial charge in [-0.3, -0.25) is 19.7 Å². The van der Waals surface area contributed by atoms with Gasteiger partial charge in [0.1, 0.15) is 6.04 Å². The molecule has 4 saturated carbocycles. The van der Waals surface area contributed by atoms with Crippen molar-refractivity contribution < 1.29 is 19.2 Å². The Bertz CT molecular complexity index is 842. The molecule has 0 aromatic heterocycles. The van der Waals surface area contributed by atoms with Gasteiger partial charge in [0.15, 0.2) is 0 Å². The summed E-state index contributed by atoms with van der Waals surface area (Å²) in [6.07, 6.45) is 6.77. The minimum Gasteiger partial charge on any atom is -0.378 e. The number of nitrogens with one attached hydrogen (secondary N) is 1. The summed E-state index contributed by atoms with van der Waals surface area (Å²) in [5, 5.41) is 14.0. The van der Waals surface area contributed by atoms with Gasteiger partial charge in [0, 0.05) is 36.2 Å². The summed E-state index contributed by atoms with van der Waals surface area (Å²) in [4.78, 5) is 39.1. The van der Waals surface area contributed by atoms with Crippen LogP contribution in [0.5, 0.6) is 0 Å². The molecule has 166 valence electrons. The number of amides is 2. The number of hydrogen-bond acceptors (Lipinski definition) is 5. The predicted octanol–water partition coefficient (Wildman–Crippen LogP) is 2.77. The van der Waals surface area contributed by atoms with E-state index in [0.717, 1.165) is 19.3 Å². The van der Waals surface area contributed by atoms with Crippen molar-refractivity contribution in [1.82, 2.24) is 10.2 Å². The fraction of sp³-hybridized carbons (Fsp3) is 0.652. The number of nitrogens with zero attached hydrogens (tertiary/aromatic N) is 2. The summed E-state index contributed by atoms with van der Waals surface area (Å²) >= 11 is 0. The molecule has 2 amide bonds. The first-order valence-electron chi connectivity index (χ1n) is 11.4. The lowest BCUT2D eigenvalue weighted by Gasteiger charge is -2.59. The van der Waals surface area contributed by atoms with E-state index in [1.165, 1.54) is 43.5 Å². The van der Waals surface area contributed by atoms with Crippen molar-refractivity contribution in [3.05, 3.63) is 39.9 Å². The van der Waals surface area contributed by atoms with E-state index in [-0.39, 0.29) is 22.9 Å². The standard InChI is InChI=1S/C23H29N3O5/c27-21(18-1-3-19(4-2-18)26(29)30)24-20(22(28)25-5-7-31-8-6-25)23-12-15-9-16(13-23)11-17(10-15)14-23/h1-4,15-17,20H,5-14H2,(H,24,27)/t15?,16?,17?,20-,23?/m0/s1. The van der Waals surface area contributed by atoms with Crippen LogP contribution in [0.4, 0.5) is 5.69 Å². The van der Waals surface area contributed by atoms with E-state index < -0.39 is 11.0 Å². The van der Waals surface area contributed by atoms with Crippen molar-refractivity contribution in [2.45, 2.75) is 44.6 Å². The lowest BCUT2D eigenvalue weighted by Crippen LogP contribution is -2.63. The maximum Gasteiger partial charge on any atom is 0.269 e. The van der Waals surface area contributed by atoms with Gasteiger partial charge in [-0.25, -0.2) is 0 Å². The summed E-state index contributed by atoms with van der Waals surface area (Å²) in [5.41, 5.74) is 0.106. The third-order valence-corrected chi connectivity index (χ3v) is 7.88. The molecule has 1 aromatic rings. The molecule has 5 fully saturated rings. The number of carbonyl (C=O) groups is 2. The molecule has 0 unspecified atom stereocenters. The lowest BCUT2D eigenvalue weighted by molar-refractivity contribution is -0.384. The minimum absolute atomic E-state index is 0.000474. The van der Waals surface area contributed by atoms with Crippen molar-refractivity contribution in [3.63, 3.8) is 0 Å². The molecule has 1 heterocycles. The third kappa shape index (κ3) is 3.82. The molecule has 1 saturated heterocycles. The Kier molecular flexibility index (Phi) is 5.20. The summed E-state index contributed by atoms with van der Waals surface area (Å²) < 4.78 is 5.42. The number of nitro benzene ring substituents is 1. The van der Waals surface area contributed by atoms with Crippen LogP contribution in [0.15, 0.2) is 24.3 Å². The van der Waals surface area contributed by atoms with Gasteiger partial charge in [-0.1, -0.05) is 0 Å². The Balaban J connectivity index is 1.42. The Morgan fingerprint density at radius 1 is 1.03 bits per heavy atom. The average Bonchev–Trinajstić information content (AvgIpc) is 2.76. The molecular formula is C23H29N3O5. The first-order valence-corrected chi connectivity index (χ1v) is 11.4. The highest BCUT2D eigenvalue weighted by Gasteiger charge is 2.57. The zero-order valence-electron chi connectivity index (χ0n) is 17.6. The quantitative estimate of drug-likeness (QED) is 0.575. The van der Waals surface area contributed by atoms with Gasteiger partial charge >= 0.3 is 0 Å². The third-order valence-electron chi connectivity index (χ3n) is 7.88. The van der Waals surface area contributed by atoms with E-state index >= 15 is 0 Å². The van der Waals surface area contributed by atoms with Gasteiger partial charge in [-0.15, -0.1) is 0 Å². The Morgan fingerprint density at radius 3 is 2.10 bits per heavy atom. The molecule has 8 heteroatoms. The van der Waals surface area contributed by atoms with Crippen LogP contribution in [-0.2, 0) is 9.53 Å². The van der Waals surface area contributed by atoms with Crippen LogP contribution in [0.2, 0.25) is 0 Å². The second kappa shape index (κ2) is 7.89. The normalized spacial score (nSPS) is 32.5. The minimum atomic E-state index is -0.554. The van der Waals surface area contributed by atoms with Crippen LogP contribution < -0.4 is 5.32 Å². The number of ether oxygens (including phenoxy) is 1. The molecule has 0 radical (unpaired) electrons. The van der Waals surface area contributed by atoms with Gasteiger partial charge in [0.25, 0.3) is 11.6 Å². The van der Waals surface area contributed by atoms with E-state index in [4.69, 9.17) is 4.74 Å². The number of morpholine rings is 1. The molecule has 0 spiro atoms. The topological polar surface area (TPSA) is 102 Å².